The second kappa shape index (κ2) is 7.28. The van der Waals surface area contributed by atoms with Crippen LogP contribution in [0, 0.1) is 17.8 Å². The number of amides is 1. The highest BCUT2D eigenvalue weighted by molar-refractivity contribution is 5.76. The SMILES string of the molecule is CC(C)CCCC(=O)N1CCC(C2CCNC2)CC1. The van der Waals surface area contributed by atoms with Crippen molar-refractivity contribution in [1.82, 2.24) is 10.2 Å². The van der Waals surface area contributed by atoms with Crippen LogP contribution < -0.4 is 5.32 Å². The highest BCUT2D eigenvalue weighted by Crippen LogP contribution is 2.29. The zero-order valence-electron chi connectivity index (χ0n) is 12.7. The molecule has 2 heterocycles. The van der Waals surface area contributed by atoms with Gasteiger partial charge in [-0.05, 0) is 56.5 Å². The van der Waals surface area contributed by atoms with Gasteiger partial charge in [0.15, 0.2) is 0 Å². The predicted molar refractivity (Wildman–Crippen MR) is 79.0 cm³/mol. The lowest BCUT2D eigenvalue weighted by Gasteiger charge is -2.34. The van der Waals surface area contributed by atoms with E-state index in [-0.39, 0.29) is 0 Å². The summed E-state index contributed by atoms with van der Waals surface area (Å²) in [4.78, 5) is 14.2. The number of nitrogens with zero attached hydrogens (tertiary/aromatic N) is 1. The van der Waals surface area contributed by atoms with E-state index < -0.39 is 0 Å². The number of nitrogens with one attached hydrogen (secondary N) is 1. The number of piperidine rings is 1. The fourth-order valence-electron chi connectivity index (χ4n) is 3.52. The molecule has 1 N–H and O–H groups in total. The highest BCUT2D eigenvalue weighted by atomic mass is 16.2. The summed E-state index contributed by atoms with van der Waals surface area (Å²) >= 11 is 0. The Labute approximate surface area is 118 Å². The summed E-state index contributed by atoms with van der Waals surface area (Å²) in [5.41, 5.74) is 0. The van der Waals surface area contributed by atoms with Gasteiger partial charge in [0, 0.05) is 19.5 Å². The molecule has 0 aliphatic carbocycles. The smallest absolute Gasteiger partial charge is 0.222 e. The summed E-state index contributed by atoms with van der Waals surface area (Å²) in [6.07, 6.45) is 6.78. The van der Waals surface area contributed by atoms with Crippen LogP contribution in [0.3, 0.4) is 0 Å². The molecule has 0 aromatic carbocycles. The van der Waals surface area contributed by atoms with E-state index in [9.17, 15) is 4.79 Å². The van der Waals surface area contributed by atoms with E-state index >= 15 is 0 Å². The molecule has 2 saturated heterocycles. The normalized spacial score (nSPS) is 25.2. The lowest BCUT2D eigenvalue weighted by Crippen LogP contribution is -2.40. The summed E-state index contributed by atoms with van der Waals surface area (Å²) in [7, 11) is 0. The molecule has 2 fully saturated rings. The van der Waals surface area contributed by atoms with E-state index in [0.717, 1.165) is 37.8 Å². The van der Waals surface area contributed by atoms with Crippen LogP contribution in [0.4, 0.5) is 0 Å². The molecule has 1 unspecified atom stereocenters. The van der Waals surface area contributed by atoms with Crippen molar-refractivity contribution in [2.75, 3.05) is 26.2 Å². The summed E-state index contributed by atoms with van der Waals surface area (Å²) < 4.78 is 0. The second-order valence-electron chi connectivity index (χ2n) is 6.76. The zero-order valence-corrected chi connectivity index (χ0v) is 12.7. The standard InChI is InChI=1S/C16H30N2O/c1-13(2)4-3-5-16(19)18-10-7-14(8-11-18)15-6-9-17-12-15/h13-15,17H,3-12H2,1-2H3. The Morgan fingerprint density at radius 1 is 1.21 bits per heavy atom. The summed E-state index contributed by atoms with van der Waals surface area (Å²) in [5.74, 6) is 2.84. The van der Waals surface area contributed by atoms with Crippen molar-refractivity contribution in [2.45, 2.75) is 52.4 Å². The van der Waals surface area contributed by atoms with Gasteiger partial charge in [0.2, 0.25) is 5.91 Å². The van der Waals surface area contributed by atoms with Gasteiger partial charge < -0.3 is 10.2 Å². The predicted octanol–water partition coefficient (Wildman–Crippen LogP) is 2.66. The fourth-order valence-corrected chi connectivity index (χ4v) is 3.52. The molecule has 110 valence electrons. The maximum absolute atomic E-state index is 12.1. The first-order valence-electron chi connectivity index (χ1n) is 8.15. The first-order valence-corrected chi connectivity index (χ1v) is 8.15. The Hall–Kier alpha value is -0.570. The van der Waals surface area contributed by atoms with Gasteiger partial charge in [-0.3, -0.25) is 4.79 Å². The number of carbonyl (C=O) groups is 1. The number of likely N-dealkylation sites (tertiary alicyclic amines) is 1. The van der Waals surface area contributed by atoms with Crippen molar-refractivity contribution < 1.29 is 4.79 Å². The molecule has 0 spiro atoms. The molecular weight excluding hydrogens is 236 g/mol. The Morgan fingerprint density at radius 2 is 1.95 bits per heavy atom. The molecule has 0 bridgehead atoms. The van der Waals surface area contributed by atoms with Crippen molar-refractivity contribution in [3.8, 4) is 0 Å². The fraction of sp³-hybridized carbons (Fsp3) is 0.938. The minimum Gasteiger partial charge on any atom is -0.343 e. The van der Waals surface area contributed by atoms with Crippen molar-refractivity contribution in [3.05, 3.63) is 0 Å². The largest absolute Gasteiger partial charge is 0.343 e. The van der Waals surface area contributed by atoms with Gasteiger partial charge in [0.1, 0.15) is 0 Å². The zero-order chi connectivity index (χ0) is 13.7. The molecule has 2 rings (SSSR count). The quantitative estimate of drug-likeness (QED) is 0.829. The van der Waals surface area contributed by atoms with Gasteiger partial charge in [-0.1, -0.05) is 20.3 Å². The van der Waals surface area contributed by atoms with Crippen LogP contribution in [0.2, 0.25) is 0 Å². The van der Waals surface area contributed by atoms with E-state index in [1.165, 1.54) is 38.8 Å². The molecule has 1 atom stereocenters. The third kappa shape index (κ3) is 4.48. The van der Waals surface area contributed by atoms with Crippen molar-refractivity contribution in [2.24, 2.45) is 17.8 Å². The number of hydrogen-bond donors (Lipinski definition) is 1. The second-order valence-corrected chi connectivity index (χ2v) is 6.76. The van der Waals surface area contributed by atoms with E-state index in [1.807, 2.05) is 0 Å². The lowest BCUT2D eigenvalue weighted by molar-refractivity contribution is -0.132. The van der Waals surface area contributed by atoms with E-state index in [2.05, 4.69) is 24.1 Å². The van der Waals surface area contributed by atoms with E-state index in [0.29, 0.717) is 11.8 Å². The molecular formula is C16H30N2O. The van der Waals surface area contributed by atoms with Gasteiger partial charge in [0.25, 0.3) is 0 Å². The molecule has 19 heavy (non-hydrogen) atoms. The van der Waals surface area contributed by atoms with Gasteiger partial charge in [-0.15, -0.1) is 0 Å². The summed E-state index contributed by atoms with van der Waals surface area (Å²) in [6, 6.07) is 0. The third-order valence-electron chi connectivity index (χ3n) is 4.83. The summed E-state index contributed by atoms with van der Waals surface area (Å²) in [6.45, 7) is 8.85. The van der Waals surface area contributed by atoms with E-state index in [1.54, 1.807) is 0 Å². The van der Waals surface area contributed by atoms with E-state index in [4.69, 9.17) is 0 Å². The average Bonchev–Trinajstić information content (AvgIpc) is 2.92. The van der Waals surface area contributed by atoms with Crippen LogP contribution in [0.25, 0.3) is 0 Å². The Kier molecular flexibility index (Phi) is 5.68. The molecule has 0 saturated carbocycles. The van der Waals surface area contributed by atoms with Gasteiger partial charge >= 0.3 is 0 Å². The minimum absolute atomic E-state index is 0.392. The molecule has 0 radical (unpaired) electrons. The Morgan fingerprint density at radius 3 is 2.53 bits per heavy atom. The van der Waals surface area contributed by atoms with Crippen LogP contribution in [-0.4, -0.2) is 37.0 Å². The molecule has 2 aliphatic heterocycles. The molecule has 1 amide bonds. The monoisotopic (exact) mass is 266 g/mol. The molecule has 0 aromatic heterocycles. The highest BCUT2D eigenvalue weighted by Gasteiger charge is 2.29. The van der Waals surface area contributed by atoms with Crippen LogP contribution >= 0.6 is 0 Å². The molecule has 0 aromatic rings. The number of rotatable bonds is 5. The summed E-state index contributed by atoms with van der Waals surface area (Å²) in [5, 5.41) is 3.46. The van der Waals surface area contributed by atoms with Gasteiger partial charge in [-0.25, -0.2) is 0 Å². The first kappa shape index (κ1) is 14.8. The number of carbonyl (C=O) groups excluding carboxylic acids is 1. The lowest BCUT2D eigenvalue weighted by atomic mass is 9.83. The van der Waals surface area contributed by atoms with Crippen LogP contribution in [-0.2, 0) is 4.79 Å². The Bertz CT molecular complexity index is 276. The van der Waals surface area contributed by atoms with Gasteiger partial charge in [0.05, 0.1) is 0 Å². The maximum atomic E-state index is 12.1. The van der Waals surface area contributed by atoms with Crippen molar-refractivity contribution in [1.29, 1.82) is 0 Å². The third-order valence-corrected chi connectivity index (χ3v) is 4.83. The van der Waals surface area contributed by atoms with Crippen LogP contribution in [0.5, 0.6) is 0 Å². The van der Waals surface area contributed by atoms with Crippen molar-refractivity contribution >= 4 is 5.91 Å². The first-order chi connectivity index (χ1) is 9.16. The topological polar surface area (TPSA) is 32.3 Å². The number of hydrogen-bond acceptors (Lipinski definition) is 2. The molecule has 3 heteroatoms. The van der Waals surface area contributed by atoms with Crippen LogP contribution in [0.1, 0.15) is 52.4 Å². The maximum Gasteiger partial charge on any atom is 0.222 e. The molecule has 3 nitrogen and oxygen atoms in total. The van der Waals surface area contributed by atoms with Crippen LogP contribution in [0.15, 0.2) is 0 Å². The molecule has 2 aliphatic rings. The average molecular weight is 266 g/mol. The van der Waals surface area contributed by atoms with Gasteiger partial charge in [-0.2, -0.15) is 0 Å². The van der Waals surface area contributed by atoms with Crippen molar-refractivity contribution in [3.63, 3.8) is 0 Å². The minimum atomic E-state index is 0.392. The Balaban J connectivity index is 1.66.